The number of nitrogens with zero attached hydrogens (tertiary/aromatic N) is 4. The molecule has 0 unspecified atom stereocenters. The number of carbonyl (C=O) groups excluding carboxylic acids is 1. The van der Waals surface area contributed by atoms with Crippen LogP contribution in [0.3, 0.4) is 0 Å². The van der Waals surface area contributed by atoms with Crippen molar-refractivity contribution >= 4 is 22.3 Å². The summed E-state index contributed by atoms with van der Waals surface area (Å²) in [4.78, 5) is 20.9. The Morgan fingerprint density at radius 3 is 2.79 bits per heavy atom. The third kappa shape index (κ3) is 2.77. The van der Waals surface area contributed by atoms with Crippen molar-refractivity contribution in [2.45, 2.75) is 0 Å². The first kappa shape index (κ1) is 17.5. The summed E-state index contributed by atoms with van der Waals surface area (Å²) in [7, 11) is 1.93. The van der Waals surface area contributed by atoms with E-state index in [9.17, 15) is 4.79 Å². The number of aryl methyl sites for hydroxylation is 1. The van der Waals surface area contributed by atoms with E-state index in [4.69, 9.17) is 5.73 Å². The minimum atomic E-state index is 0.0234. The Balaban J connectivity index is 1.73. The first-order valence-electron chi connectivity index (χ1n) is 9.44. The highest BCUT2D eigenvalue weighted by atomic mass is 16.1. The largest absolute Gasteiger partial charge is 0.325 e. The second-order valence-electron chi connectivity index (χ2n) is 7.08. The summed E-state index contributed by atoms with van der Waals surface area (Å²) in [5.74, 6) is 0.0234. The van der Waals surface area contributed by atoms with Crippen LogP contribution < -0.4 is 5.73 Å². The Bertz CT molecular complexity index is 1300. The van der Waals surface area contributed by atoms with Crippen molar-refractivity contribution in [2.75, 3.05) is 13.1 Å². The number of hydrogen-bond donors (Lipinski definition) is 1. The van der Waals surface area contributed by atoms with Gasteiger partial charge < -0.3 is 5.73 Å². The van der Waals surface area contributed by atoms with Crippen molar-refractivity contribution in [2.24, 2.45) is 17.8 Å². The van der Waals surface area contributed by atoms with Gasteiger partial charge in [-0.1, -0.05) is 30.3 Å². The van der Waals surface area contributed by atoms with E-state index in [-0.39, 0.29) is 12.3 Å². The number of fused-ring (bicyclic) bond motifs is 2. The van der Waals surface area contributed by atoms with E-state index in [1.54, 1.807) is 6.20 Å². The smallest absolute Gasteiger partial charge is 0.184 e. The van der Waals surface area contributed by atoms with E-state index in [0.29, 0.717) is 12.1 Å². The van der Waals surface area contributed by atoms with Gasteiger partial charge in [0.2, 0.25) is 0 Å². The van der Waals surface area contributed by atoms with Gasteiger partial charge in [-0.3, -0.25) is 19.5 Å². The van der Waals surface area contributed by atoms with Gasteiger partial charge in [0, 0.05) is 53.6 Å². The van der Waals surface area contributed by atoms with Gasteiger partial charge >= 0.3 is 0 Å². The lowest BCUT2D eigenvalue weighted by Gasteiger charge is -2.17. The quantitative estimate of drug-likeness (QED) is 0.590. The number of aliphatic imine (C=N–C) groups is 1. The minimum Gasteiger partial charge on any atom is -0.325 e. The molecule has 0 radical (unpaired) electrons. The molecule has 0 saturated heterocycles. The molecule has 1 aliphatic heterocycles. The summed E-state index contributed by atoms with van der Waals surface area (Å²) >= 11 is 0. The van der Waals surface area contributed by atoms with E-state index in [2.05, 4.69) is 27.2 Å². The zero-order valence-corrected chi connectivity index (χ0v) is 16.0. The maximum atomic E-state index is 12.3. The summed E-state index contributed by atoms with van der Waals surface area (Å²) in [5, 5.41) is 6.71. The predicted octanol–water partition coefficient (Wildman–Crippen LogP) is 3.25. The zero-order valence-electron chi connectivity index (χ0n) is 16.0. The number of nitrogens with two attached hydrogens (primary N) is 1. The lowest BCUT2D eigenvalue weighted by Crippen LogP contribution is -2.24. The first-order valence-corrected chi connectivity index (χ1v) is 9.44. The zero-order chi connectivity index (χ0) is 20.0. The molecule has 0 amide bonds. The normalized spacial score (nSPS) is 13.4. The van der Waals surface area contributed by atoms with E-state index in [0.717, 1.165) is 44.4 Å². The SMILES string of the molecule is Cn1ncc(-c2ccc3c(c2)C(CN)=NCC3=O)c1-c1cccc2ccncc12. The third-order valence-corrected chi connectivity index (χ3v) is 5.43. The highest BCUT2D eigenvalue weighted by Crippen LogP contribution is 2.36. The number of carbonyl (C=O) groups is 1. The summed E-state index contributed by atoms with van der Waals surface area (Å²) < 4.78 is 1.87. The lowest BCUT2D eigenvalue weighted by atomic mass is 9.91. The van der Waals surface area contributed by atoms with E-state index in [1.165, 1.54) is 0 Å². The number of pyridine rings is 1. The molecule has 4 aromatic rings. The highest BCUT2D eigenvalue weighted by Gasteiger charge is 2.22. The molecule has 0 saturated carbocycles. The van der Waals surface area contributed by atoms with Crippen LogP contribution in [0, 0.1) is 0 Å². The fraction of sp³-hybridized carbons (Fsp3) is 0.130. The summed E-state index contributed by atoms with van der Waals surface area (Å²) in [6.07, 6.45) is 5.53. The molecule has 2 N–H and O–H groups in total. The van der Waals surface area contributed by atoms with Crippen molar-refractivity contribution in [3.8, 4) is 22.4 Å². The number of benzene rings is 2. The van der Waals surface area contributed by atoms with Crippen LogP contribution in [0.5, 0.6) is 0 Å². The Morgan fingerprint density at radius 1 is 1.03 bits per heavy atom. The molecule has 142 valence electrons. The molecule has 6 nitrogen and oxygen atoms in total. The average molecular weight is 381 g/mol. The van der Waals surface area contributed by atoms with Crippen LogP contribution in [0.25, 0.3) is 33.2 Å². The Hall–Kier alpha value is -3.64. The molecule has 0 fully saturated rings. The molecule has 6 heteroatoms. The van der Waals surface area contributed by atoms with Crippen LogP contribution in [0.4, 0.5) is 0 Å². The van der Waals surface area contributed by atoms with Crippen molar-refractivity contribution in [1.29, 1.82) is 0 Å². The predicted molar refractivity (Wildman–Crippen MR) is 114 cm³/mol. The monoisotopic (exact) mass is 381 g/mol. The summed E-state index contributed by atoms with van der Waals surface area (Å²) in [6, 6.07) is 14.0. The maximum Gasteiger partial charge on any atom is 0.184 e. The van der Waals surface area contributed by atoms with Gasteiger partial charge in [0.25, 0.3) is 0 Å². The second kappa shape index (κ2) is 6.76. The van der Waals surface area contributed by atoms with E-state index >= 15 is 0 Å². The molecule has 2 aromatic carbocycles. The first-order chi connectivity index (χ1) is 14.2. The van der Waals surface area contributed by atoms with Crippen LogP contribution in [-0.4, -0.2) is 39.3 Å². The Morgan fingerprint density at radius 2 is 1.93 bits per heavy atom. The van der Waals surface area contributed by atoms with Crippen LogP contribution >= 0.6 is 0 Å². The van der Waals surface area contributed by atoms with Gasteiger partial charge in [0.1, 0.15) is 6.54 Å². The van der Waals surface area contributed by atoms with Gasteiger partial charge in [-0.05, 0) is 23.1 Å². The third-order valence-electron chi connectivity index (χ3n) is 5.43. The molecule has 29 heavy (non-hydrogen) atoms. The van der Waals surface area contributed by atoms with E-state index < -0.39 is 0 Å². The van der Waals surface area contributed by atoms with Crippen molar-refractivity contribution in [3.05, 3.63) is 72.2 Å². The summed E-state index contributed by atoms with van der Waals surface area (Å²) in [6.45, 7) is 0.471. The number of Topliss-reactive ketones (excluding diaryl/α,β-unsaturated/α-hetero) is 1. The van der Waals surface area contributed by atoms with Gasteiger partial charge in [-0.15, -0.1) is 0 Å². The van der Waals surface area contributed by atoms with Gasteiger partial charge in [0.05, 0.1) is 17.6 Å². The molecule has 0 spiro atoms. The number of aromatic nitrogens is 3. The molecule has 2 aromatic heterocycles. The van der Waals surface area contributed by atoms with Gasteiger partial charge in [-0.2, -0.15) is 5.10 Å². The van der Waals surface area contributed by atoms with Crippen molar-refractivity contribution < 1.29 is 4.79 Å². The minimum absolute atomic E-state index is 0.0234. The Labute approximate surface area is 167 Å². The highest BCUT2D eigenvalue weighted by molar-refractivity contribution is 6.16. The fourth-order valence-corrected chi connectivity index (χ4v) is 3.99. The molecule has 0 atom stereocenters. The topological polar surface area (TPSA) is 86.2 Å². The molecule has 3 heterocycles. The maximum absolute atomic E-state index is 12.3. The van der Waals surface area contributed by atoms with Crippen LogP contribution in [0.15, 0.2) is 66.0 Å². The number of hydrogen-bond acceptors (Lipinski definition) is 5. The molecule has 0 bridgehead atoms. The molecule has 5 rings (SSSR count). The van der Waals surface area contributed by atoms with Crippen LogP contribution in [-0.2, 0) is 7.05 Å². The lowest BCUT2D eigenvalue weighted by molar-refractivity contribution is 0.1000. The number of rotatable bonds is 3. The van der Waals surface area contributed by atoms with Crippen LogP contribution in [0.1, 0.15) is 15.9 Å². The fourth-order valence-electron chi connectivity index (χ4n) is 3.99. The van der Waals surface area contributed by atoms with Gasteiger partial charge in [-0.25, -0.2) is 0 Å². The average Bonchev–Trinajstić information content (AvgIpc) is 3.14. The second-order valence-corrected chi connectivity index (χ2v) is 7.08. The number of ketones is 1. The van der Waals surface area contributed by atoms with E-state index in [1.807, 2.05) is 54.5 Å². The standard InChI is InChI=1S/C23H19N5O/c1-28-23(17-4-2-3-14-7-8-25-11-19(14)17)20(12-27-28)15-5-6-16-18(9-15)21(10-24)26-13-22(16)29/h2-9,11-12H,10,13,24H2,1H3. The van der Waals surface area contributed by atoms with Crippen molar-refractivity contribution in [1.82, 2.24) is 14.8 Å². The molecule has 0 aliphatic carbocycles. The van der Waals surface area contributed by atoms with Crippen molar-refractivity contribution in [3.63, 3.8) is 0 Å². The molecule has 1 aliphatic rings. The molecular formula is C23H19N5O. The van der Waals surface area contributed by atoms with Gasteiger partial charge in [0.15, 0.2) is 5.78 Å². The summed E-state index contributed by atoms with van der Waals surface area (Å²) in [5.41, 5.74) is 12.2. The Kier molecular flexibility index (Phi) is 4.07. The molecular weight excluding hydrogens is 362 g/mol. The van der Waals surface area contributed by atoms with Crippen LogP contribution in [0.2, 0.25) is 0 Å².